The van der Waals surface area contributed by atoms with Crippen LogP contribution in [0, 0.1) is 5.82 Å². The lowest BCUT2D eigenvalue weighted by Crippen LogP contribution is -2.43. The van der Waals surface area contributed by atoms with Crippen LogP contribution in [0.25, 0.3) is 32.1 Å². The SMILES string of the molecule is CN(C)S(=O)(=O)C(C(=O)NCC(=O)NC1CC1)c1nc2c(F)cc(-c3ccc4c(=O)n(C)ccc4c3)cc2s1. The summed E-state index contributed by atoms with van der Waals surface area (Å²) in [4.78, 5) is 41.7. The maximum atomic E-state index is 15.3. The molecule has 39 heavy (non-hydrogen) atoms. The molecule has 2 amide bonds. The third-order valence-corrected chi connectivity index (χ3v) is 9.78. The smallest absolute Gasteiger partial charge is 0.258 e. The Morgan fingerprint density at radius 3 is 2.62 bits per heavy atom. The van der Waals surface area contributed by atoms with Gasteiger partial charge in [0.1, 0.15) is 10.5 Å². The maximum absolute atomic E-state index is 15.3. The van der Waals surface area contributed by atoms with Gasteiger partial charge >= 0.3 is 0 Å². The molecule has 2 heterocycles. The number of fused-ring (bicyclic) bond motifs is 2. The molecule has 1 fully saturated rings. The van der Waals surface area contributed by atoms with E-state index in [4.69, 9.17) is 0 Å². The van der Waals surface area contributed by atoms with Crippen LogP contribution in [0.1, 0.15) is 23.1 Å². The van der Waals surface area contributed by atoms with Gasteiger partial charge in [-0.05, 0) is 59.7 Å². The molecule has 10 nitrogen and oxygen atoms in total. The fraction of sp³-hybridized carbons (Fsp3) is 0.308. The Labute approximate surface area is 227 Å². The van der Waals surface area contributed by atoms with E-state index in [1.54, 1.807) is 43.6 Å². The molecule has 5 rings (SSSR count). The number of benzene rings is 2. The van der Waals surface area contributed by atoms with Gasteiger partial charge in [0.15, 0.2) is 5.82 Å². The van der Waals surface area contributed by atoms with Gasteiger partial charge in [0.2, 0.25) is 27.1 Å². The Bertz CT molecular complexity index is 1790. The number of thiazole rings is 1. The van der Waals surface area contributed by atoms with E-state index in [0.29, 0.717) is 26.6 Å². The van der Waals surface area contributed by atoms with Crippen molar-refractivity contribution in [2.45, 2.75) is 24.1 Å². The number of carbonyl (C=O) groups excluding carboxylic acids is 2. The van der Waals surface area contributed by atoms with Crippen molar-refractivity contribution in [3.63, 3.8) is 0 Å². The number of carbonyl (C=O) groups is 2. The molecule has 1 saturated carbocycles. The van der Waals surface area contributed by atoms with Crippen molar-refractivity contribution in [3.05, 3.63) is 63.8 Å². The summed E-state index contributed by atoms with van der Waals surface area (Å²) in [5, 5.41) is 4.45. The number of hydrogen-bond donors (Lipinski definition) is 2. The van der Waals surface area contributed by atoms with E-state index in [1.165, 1.54) is 24.7 Å². The Hall–Kier alpha value is -3.68. The van der Waals surface area contributed by atoms with Gasteiger partial charge in [-0.3, -0.25) is 14.4 Å². The van der Waals surface area contributed by atoms with Gasteiger partial charge in [0, 0.05) is 38.8 Å². The molecule has 4 aromatic rings. The number of aromatic nitrogens is 2. The first kappa shape index (κ1) is 26.9. The molecule has 1 aliphatic carbocycles. The van der Waals surface area contributed by atoms with E-state index in [0.717, 1.165) is 28.5 Å². The van der Waals surface area contributed by atoms with Crippen LogP contribution in [0.4, 0.5) is 4.39 Å². The first-order chi connectivity index (χ1) is 18.5. The first-order valence-corrected chi connectivity index (χ1v) is 14.5. The van der Waals surface area contributed by atoms with Crippen LogP contribution < -0.4 is 16.2 Å². The highest BCUT2D eigenvalue weighted by atomic mass is 32.2. The topological polar surface area (TPSA) is 130 Å². The molecule has 0 radical (unpaired) electrons. The minimum absolute atomic E-state index is 0.0633. The van der Waals surface area contributed by atoms with Gasteiger partial charge < -0.3 is 15.2 Å². The zero-order valence-corrected chi connectivity index (χ0v) is 23.0. The van der Waals surface area contributed by atoms with E-state index < -0.39 is 32.9 Å². The standard InChI is InChI=1S/C26H26FN5O5S2/c1-31(2)39(36,37)23(24(34)28-13-21(33)29-17-5-6-17)25-30-22-19(27)11-16(12-20(22)38-25)14-4-7-18-15(10-14)8-9-32(3)26(18)35/h4,7-12,17,23H,5-6,13H2,1-3H3,(H,28,34)(H,29,33). The highest BCUT2D eigenvalue weighted by Crippen LogP contribution is 2.36. The third kappa shape index (κ3) is 5.29. The minimum Gasteiger partial charge on any atom is -0.352 e. The maximum Gasteiger partial charge on any atom is 0.258 e. The molecule has 2 aromatic carbocycles. The molecular weight excluding hydrogens is 545 g/mol. The number of rotatable bonds is 8. The highest BCUT2D eigenvalue weighted by Gasteiger charge is 2.39. The van der Waals surface area contributed by atoms with Crippen molar-refractivity contribution in [3.8, 4) is 11.1 Å². The number of hydrogen-bond acceptors (Lipinski definition) is 7. The van der Waals surface area contributed by atoms with E-state index in [9.17, 15) is 22.8 Å². The lowest BCUT2D eigenvalue weighted by molar-refractivity contribution is -0.126. The lowest BCUT2D eigenvalue weighted by atomic mass is 10.0. The quantitative estimate of drug-likeness (QED) is 0.334. The fourth-order valence-corrected chi connectivity index (χ4v) is 6.76. The molecule has 0 aliphatic heterocycles. The average Bonchev–Trinajstić information content (AvgIpc) is 3.60. The second kappa shape index (κ2) is 10.1. The second-order valence-electron chi connectivity index (χ2n) is 9.66. The fourth-order valence-electron chi connectivity index (χ4n) is 4.16. The second-order valence-corrected chi connectivity index (χ2v) is 13.0. The van der Waals surface area contributed by atoms with Crippen molar-refractivity contribution in [2.75, 3.05) is 20.6 Å². The van der Waals surface area contributed by atoms with Gasteiger partial charge in [-0.1, -0.05) is 6.07 Å². The largest absolute Gasteiger partial charge is 0.352 e. The van der Waals surface area contributed by atoms with Gasteiger partial charge in [0.05, 0.1) is 11.2 Å². The summed E-state index contributed by atoms with van der Waals surface area (Å²) in [5.41, 5.74) is 0.949. The Morgan fingerprint density at radius 2 is 1.92 bits per heavy atom. The summed E-state index contributed by atoms with van der Waals surface area (Å²) in [6.07, 6.45) is 3.39. The molecular formula is C26H26FN5O5S2. The van der Waals surface area contributed by atoms with Crippen LogP contribution in [0.2, 0.25) is 0 Å². The van der Waals surface area contributed by atoms with Crippen LogP contribution in [0.3, 0.4) is 0 Å². The van der Waals surface area contributed by atoms with Crippen molar-refractivity contribution < 1.29 is 22.4 Å². The van der Waals surface area contributed by atoms with Gasteiger partial charge in [0.25, 0.3) is 5.56 Å². The summed E-state index contributed by atoms with van der Waals surface area (Å²) in [5.74, 6) is -2.02. The van der Waals surface area contributed by atoms with E-state index in [2.05, 4.69) is 15.6 Å². The molecule has 1 unspecified atom stereocenters. The van der Waals surface area contributed by atoms with Gasteiger partial charge in [-0.15, -0.1) is 11.3 Å². The predicted octanol–water partition coefficient (Wildman–Crippen LogP) is 2.28. The molecule has 0 spiro atoms. The zero-order chi connectivity index (χ0) is 28.1. The first-order valence-electron chi connectivity index (χ1n) is 12.1. The van der Waals surface area contributed by atoms with Crippen LogP contribution in [-0.4, -0.2) is 60.8 Å². The molecule has 2 N–H and O–H groups in total. The number of aryl methyl sites for hydroxylation is 1. The van der Waals surface area contributed by atoms with Crippen molar-refractivity contribution in [2.24, 2.45) is 7.05 Å². The van der Waals surface area contributed by atoms with Crippen molar-refractivity contribution >= 4 is 54.2 Å². The van der Waals surface area contributed by atoms with Crippen LogP contribution in [0.15, 0.2) is 47.4 Å². The summed E-state index contributed by atoms with van der Waals surface area (Å²) in [7, 11) is 0.0113. The number of amides is 2. The van der Waals surface area contributed by atoms with Crippen LogP contribution in [-0.2, 0) is 26.7 Å². The molecule has 204 valence electrons. The lowest BCUT2D eigenvalue weighted by Gasteiger charge is -2.19. The number of nitrogens with one attached hydrogen (secondary N) is 2. The van der Waals surface area contributed by atoms with E-state index in [-0.39, 0.29) is 28.7 Å². The molecule has 0 bridgehead atoms. The van der Waals surface area contributed by atoms with Crippen molar-refractivity contribution in [1.29, 1.82) is 0 Å². The number of pyridine rings is 1. The summed E-state index contributed by atoms with van der Waals surface area (Å²) >= 11 is 0.892. The van der Waals surface area contributed by atoms with Crippen LogP contribution >= 0.6 is 11.3 Å². The summed E-state index contributed by atoms with van der Waals surface area (Å²) in [6.45, 7) is -0.386. The average molecular weight is 572 g/mol. The summed E-state index contributed by atoms with van der Waals surface area (Å²) in [6, 6.07) is 10.00. The summed E-state index contributed by atoms with van der Waals surface area (Å²) < 4.78 is 44.3. The molecule has 1 aliphatic rings. The van der Waals surface area contributed by atoms with Crippen molar-refractivity contribution in [1.82, 2.24) is 24.5 Å². The third-order valence-electron chi connectivity index (χ3n) is 6.51. The Kier molecular flexibility index (Phi) is 6.99. The molecule has 13 heteroatoms. The number of sulfonamides is 1. The predicted molar refractivity (Wildman–Crippen MR) is 147 cm³/mol. The van der Waals surface area contributed by atoms with E-state index in [1.807, 2.05) is 0 Å². The monoisotopic (exact) mass is 571 g/mol. The Balaban J connectivity index is 1.51. The van der Waals surface area contributed by atoms with Crippen LogP contribution in [0.5, 0.6) is 0 Å². The number of halogens is 1. The normalized spacial score (nSPS) is 14.6. The number of nitrogens with zero attached hydrogens (tertiary/aromatic N) is 3. The minimum atomic E-state index is -4.22. The van der Waals surface area contributed by atoms with E-state index >= 15 is 4.39 Å². The van der Waals surface area contributed by atoms with Gasteiger partial charge in [-0.2, -0.15) is 0 Å². The molecule has 2 aromatic heterocycles. The van der Waals surface area contributed by atoms with Gasteiger partial charge in [-0.25, -0.2) is 22.1 Å². The molecule has 0 saturated heterocycles. The highest BCUT2D eigenvalue weighted by molar-refractivity contribution is 7.90. The Morgan fingerprint density at radius 1 is 1.18 bits per heavy atom. The zero-order valence-electron chi connectivity index (χ0n) is 21.4. The molecule has 1 atom stereocenters.